The van der Waals surface area contributed by atoms with Crippen LogP contribution in [-0.2, 0) is 11.3 Å². The molecule has 1 N–H and O–H groups in total. The number of nitrogens with zero attached hydrogens (tertiary/aromatic N) is 3. The monoisotopic (exact) mass is 392 g/mol. The molecule has 0 saturated carbocycles. The summed E-state index contributed by atoms with van der Waals surface area (Å²) < 4.78 is 6.49. The van der Waals surface area contributed by atoms with Gasteiger partial charge in [0.25, 0.3) is 0 Å². The third-order valence-electron chi connectivity index (χ3n) is 4.71. The summed E-state index contributed by atoms with van der Waals surface area (Å²) in [7, 11) is 0. The van der Waals surface area contributed by atoms with Crippen LogP contribution in [0.3, 0.4) is 0 Å². The number of thioether (sulfide) groups is 1. The fourth-order valence-electron chi connectivity index (χ4n) is 3.38. The first-order chi connectivity index (χ1) is 13.7. The summed E-state index contributed by atoms with van der Waals surface area (Å²) in [5, 5.41) is 5.98. The van der Waals surface area contributed by atoms with Gasteiger partial charge in [-0.3, -0.25) is 14.4 Å². The molecule has 5 rings (SSSR count). The summed E-state index contributed by atoms with van der Waals surface area (Å²) >= 11 is 1.64. The minimum Gasteiger partial charge on any atom is -0.408 e. The average molecular weight is 392 g/mol. The second-order valence-electron chi connectivity index (χ2n) is 6.48. The maximum Gasteiger partial charge on any atom is 0.420 e. The Morgan fingerprint density at radius 1 is 1.18 bits per heavy atom. The third-order valence-corrected chi connectivity index (χ3v) is 5.61. The van der Waals surface area contributed by atoms with Crippen molar-refractivity contribution >= 4 is 45.3 Å². The molecule has 0 aliphatic carbocycles. The fourth-order valence-corrected chi connectivity index (χ4v) is 4.34. The Labute approximate surface area is 164 Å². The van der Waals surface area contributed by atoms with Gasteiger partial charge in [-0.15, -0.1) is 0 Å². The van der Waals surface area contributed by atoms with Gasteiger partial charge >= 0.3 is 5.76 Å². The van der Waals surface area contributed by atoms with Gasteiger partial charge in [-0.05, 0) is 29.8 Å². The van der Waals surface area contributed by atoms with Crippen LogP contribution in [0.15, 0.2) is 68.1 Å². The zero-order valence-corrected chi connectivity index (χ0v) is 15.6. The van der Waals surface area contributed by atoms with Gasteiger partial charge in [0.05, 0.1) is 17.8 Å². The number of amides is 1. The normalized spacial score (nSPS) is 15.5. The van der Waals surface area contributed by atoms with Crippen LogP contribution in [0.1, 0.15) is 5.56 Å². The molecule has 3 aromatic rings. The van der Waals surface area contributed by atoms with E-state index < -0.39 is 5.76 Å². The number of para-hydroxylation sites is 2. The van der Waals surface area contributed by atoms with Crippen molar-refractivity contribution in [1.29, 1.82) is 0 Å². The van der Waals surface area contributed by atoms with Gasteiger partial charge in [-0.25, -0.2) is 4.79 Å². The highest BCUT2D eigenvalue weighted by Crippen LogP contribution is 2.35. The Kier molecular flexibility index (Phi) is 4.05. The number of carbonyl (C=O) groups excluding carboxylic acids is 1. The lowest BCUT2D eigenvalue weighted by Gasteiger charge is -2.16. The van der Waals surface area contributed by atoms with Crippen LogP contribution in [0.4, 0.5) is 5.69 Å². The van der Waals surface area contributed by atoms with Gasteiger partial charge in [0.2, 0.25) is 5.91 Å². The predicted octanol–water partition coefficient (Wildman–Crippen LogP) is 2.95. The van der Waals surface area contributed by atoms with Crippen LogP contribution in [0.5, 0.6) is 0 Å². The molecule has 7 nitrogen and oxygen atoms in total. The minimum absolute atomic E-state index is 0.104. The second kappa shape index (κ2) is 6.72. The molecule has 1 amide bonds. The van der Waals surface area contributed by atoms with E-state index in [-0.39, 0.29) is 12.5 Å². The first-order valence-corrected chi connectivity index (χ1v) is 9.74. The van der Waals surface area contributed by atoms with E-state index in [9.17, 15) is 9.59 Å². The molecule has 0 fully saturated rings. The standard InChI is InChI=1S/C20H16N4O3S/c25-18(11-24-15-3-1-2-4-17(15)27-20(24)26)22-14-7-5-13(6-8-14)16-12-28-19-21-9-10-23(16)19/h1-8,12H,9-11H2,(H,22,25). The molecule has 2 aliphatic rings. The SMILES string of the molecule is O=C(Cn1c(=O)oc2ccccc21)Nc1ccc(C2=CSC3=NCCN23)cc1. The molecular weight excluding hydrogens is 376 g/mol. The molecule has 2 aliphatic heterocycles. The van der Waals surface area contributed by atoms with E-state index >= 15 is 0 Å². The average Bonchev–Trinajstić information content (AvgIpc) is 3.38. The lowest BCUT2D eigenvalue weighted by Crippen LogP contribution is -2.24. The number of nitrogens with one attached hydrogen (secondary N) is 1. The maximum absolute atomic E-state index is 12.4. The van der Waals surface area contributed by atoms with Crippen molar-refractivity contribution in [2.24, 2.45) is 4.99 Å². The van der Waals surface area contributed by atoms with Crippen molar-refractivity contribution in [1.82, 2.24) is 9.47 Å². The first-order valence-electron chi connectivity index (χ1n) is 8.86. The zero-order chi connectivity index (χ0) is 19.1. The molecule has 2 aromatic carbocycles. The van der Waals surface area contributed by atoms with Crippen molar-refractivity contribution in [2.75, 3.05) is 18.4 Å². The van der Waals surface area contributed by atoms with E-state index in [1.54, 1.807) is 36.0 Å². The van der Waals surface area contributed by atoms with Crippen molar-refractivity contribution in [3.63, 3.8) is 0 Å². The number of aliphatic imine (C=N–C) groups is 1. The number of anilines is 1. The molecule has 0 saturated heterocycles. The number of aromatic nitrogens is 1. The zero-order valence-electron chi connectivity index (χ0n) is 14.8. The Morgan fingerprint density at radius 2 is 2.00 bits per heavy atom. The van der Waals surface area contributed by atoms with E-state index in [1.807, 2.05) is 24.3 Å². The summed E-state index contributed by atoms with van der Waals surface area (Å²) in [6.07, 6.45) is 0. The molecular formula is C20H16N4O3S. The maximum atomic E-state index is 12.4. The van der Waals surface area contributed by atoms with Gasteiger partial charge in [0.15, 0.2) is 10.8 Å². The molecule has 28 heavy (non-hydrogen) atoms. The molecule has 140 valence electrons. The van der Waals surface area contributed by atoms with Crippen LogP contribution in [0, 0.1) is 0 Å². The number of fused-ring (bicyclic) bond motifs is 2. The summed E-state index contributed by atoms with van der Waals surface area (Å²) in [5.41, 5.74) is 3.96. The molecule has 8 heteroatoms. The Balaban J connectivity index is 1.30. The van der Waals surface area contributed by atoms with Crippen LogP contribution in [-0.4, -0.2) is 33.6 Å². The lowest BCUT2D eigenvalue weighted by molar-refractivity contribution is -0.116. The van der Waals surface area contributed by atoms with E-state index in [0.29, 0.717) is 16.8 Å². The van der Waals surface area contributed by atoms with Crippen LogP contribution in [0.2, 0.25) is 0 Å². The topological polar surface area (TPSA) is 79.8 Å². The Bertz CT molecular complexity index is 1190. The van der Waals surface area contributed by atoms with Gasteiger partial charge in [-0.1, -0.05) is 36.0 Å². The van der Waals surface area contributed by atoms with Gasteiger partial charge in [0.1, 0.15) is 6.54 Å². The summed E-state index contributed by atoms with van der Waals surface area (Å²) in [5.74, 6) is -0.827. The number of carbonyl (C=O) groups is 1. The van der Waals surface area contributed by atoms with Crippen molar-refractivity contribution in [3.8, 4) is 0 Å². The molecule has 0 unspecified atom stereocenters. The second-order valence-corrected chi connectivity index (χ2v) is 7.32. The molecule has 1 aromatic heterocycles. The van der Waals surface area contributed by atoms with Crippen molar-refractivity contribution in [3.05, 3.63) is 70.1 Å². The van der Waals surface area contributed by atoms with Crippen LogP contribution >= 0.6 is 11.8 Å². The molecule has 0 spiro atoms. The van der Waals surface area contributed by atoms with Crippen molar-refractivity contribution in [2.45, 2.75) is 6.54 Å². The fraction of sp³-hybridized carbons (Fsp3) is 0.150. The van der Waals surface area contributed by atoms with E-state index in [0.717, 1.165) is 29.5 Å². The predicted molar refractivity (Wildman–Crippen MR) is 110 cm³/mol. The highest BCUT2D eigenvalue weighted by atomic mass is 32.2. The van der Waals surface area contributed by atoms with Crippen molar-refractivity contribution < 1.29 is 9.21 Å². The number of amidine groups is 1. The summed E-state index contributed by atoms with van der Waals surface area (Å²) in [6.45, 7) is 1.63. The van der Waals surface area contributed by atoms with Gasteiger partial charge in [0, 0.05) is 17.6 Å². The molecule has 0 bridgehead atoms. The molecule has 3 heterocycles. The smallest absolute Gasteiger partial charge is 0.408 e. The largest absolute Gasteiger partial charge is 0.420 e. The number of hydrogen-bond acceptors (Lipinski definition) is 6. The third kappa shape index (κ3) is 2.91. The van der Waals surface area contributed by atoms with E-state index in [1.165, 1.54) is 4.57 Å². The highest BCUT2D eigenvalue weighted by molar-refractivity contribution is 8.16. The number of oxazole rings is 1. The lowest BCUT2D eigenvalue weighted by atomic mass is 10.1. The van der Waals surface area contributed by atoms with Crippen LogP contribution < -0.4 is 11.1 Å². The summed E-state index contributed by atoms with van der Waals surface area (Å²) in [4.78, 5) is 31.1. The Morgan fingerprint density at radius 3 is 2.86 bits per heavy atom. The number of hydrogen-bond donors (Lipinski definition) is 1. The first kappa shape index (κ1) is 16.9. The van der Waals surface area contributed by atoms with E-state index in [2.05, 4.69) is 20.6 Å². The van der Waals surface area contributed by atoms with Gasteiger partial charge in [-0.2, -0.15) is 0 Å². The minimum atomic E-state index is -0.541. The molecule has 0 radical (unpaired) electrons. The number of benzene rings is 2. The quantitative estimate of drug-likeness (QED) is 0.738. The van der Waals surface area contributed by atoms with Gasteiger partial charge < -0.3 is 14.6 Å². The number of rotatable bonds is 4. The highest BCUT2D eigenvalue weighted by Gasteiger charge is 2.26. The summed E-state index contributed by atoms with van der Waals surface area (Å²) in [6, 6.07) is 14.7. The Hall–Kier alpha value is -3.26. The van der Waals surface area contributed by atoms with E-state index in [4.69, 9.17) is 4.42 Å². The molecule has 0 atom stereocenters. The van der Waals surface area contributed by atoms with Crippen LogP contribution in [0.25, 0.3) is 16.8 Å².